The van der Waals surface area contributed by atoms with Crippen LogP contribution in [0.3, 0.4) is 0 Å². The van der Waals surface area contributed by atoms with E-state index in [2.05, 4.69) is 0 Å². The first-order valence-electron chi connectivity index (χ1n) is 10.9. The highest BCUT2D eigenvalue weighted by Gasteiger charge is 2.45. The third-order valence-electron chi connectivity index (χ3n) is 6.03. The second kappa shape index (κ2) is 9.08. The van der Waals surface area contributed by atoms with Gasteiger partial charge in [0.2, 0.25) is 0 Å². The fraction of sp³-hybridized carbons (Fsp3) is 0.0333. The molecule has 34 heavy (non-hydrogen) atoms. The molecule has 1 aliphatic rings. The Balaban J connectivity index is 1.88. The molecule has 4 aromatic rings. The molecule has 0 bridgehead atoms. The largest absolute Gasteiger partial charge is 0.376 e. The Morgan fingerprint density at radius 1 is 0.647 bits per heavy atom. The van der Waals surface area contributed by atoms with Crippen molar-refractivity contribution < 1.29 is 9.90 Å². The van der Waals surface area contributed by atoms with E-state index in [0.717, 1.165) is 16.7 Å². The molecule has 4 aromatic carbocycles. The Morgan fingerprint density at radius 3 is 1.79 bits per heavy atom. The first-order chi connectivity index (χ1) is 16.5. The van der Waals surface area contributed by atoms with Gasteiger partial charge in [-0.1, -0.05) is 114 Å². The lowest BCUT2D eigenvalue weighted by Crippen LogP contribution is -2.29. The molecule has 4 heteroatoms. The van der Waals surface area contributed by atoms with Crippen molar-refractivity contribution in [2.24, 2.45) is 0 Å². The van der Waals surface area contributed by atoms with E-state index in [-0.39, 0.29) is 11.4 Å². The number of carbonyl (C=O) groups excluding carboxylic acids is 1. The van der Waals surface area contributed by atoms with Gasteiger partial charge in [-0.15, -0.1) is 0 Å². The van der Waals surface area contributed by atoms with Crippen LogP contribution in [0, 0.1) is 0 Å². The zero-order chi connectivity index (χ0) is 23.7. The van der Waals surface area contributed by atoms with Crippen LogP contribution in [-0.2, 0) is 5.60 Å². The van der Waals surface area contributed by atoms with E-state index in [0.29, 0.717) is 26.7 Å². The molecule has 0 aromatic heterocycles. The maximum absolute atomic E-state index is 14.1. The van der Waals surface area contributed by atoms with Crippen LogP contribution in [0.4, 0.5) is 0 Å². The summed E-state index contributed by atoms with van der Waals surface area (Å²) < 4.78 is 0. The van der Waals surface area contributed by atoms with Gasteiger partial charge in [-0.2, -0.15) is 0 Å². The Kier molecular flexibility index (Phi) is 5.97. The molecule has 0 fully saturated rings. The van der Waals surface area contributed by atoms with Crippen molar-refractivity contribution >= 4 is 40.1 Å². The summed E-state index contributed by atoms with van der Waals surface area (Å²) >= 11 is 13.0. The number of rotatable bonds is 5. The Morgan fingerprint density at radius 2 is 1.18 bits per heavy atom. The summed E-state index contributed by atoms with van der Waals surface area (Å²) in [5, 5.41) is 13.0. The summed E-state index contributed by atoms with van der Waals surface area (Å²) in [6, 6.07) is 33.3. The normalized spacial score (nSPS) is 17.6. The lowest BCUT2D eigenvalue weighted by Gasteiger charge is -2.27. The minimum atomic E-state index is -1.76. The van der Waals surface area contributed by atoms with Crippen LogP contribution >= 0.6 is 23.2 Å². The molecule has 1 aliphatic carbocycles. The number of benzene rings is 4. The van der Waals surface area contributed by atoms with Gasteiger partial charge in [0.05, 0.1) is 5.02 Å². The van der Waals surface area contributed by atoms with Gasteiger partial charge in [-0.05, 0) is 41.0 Å². The summed E-state index contributed by atoms with van der Waals surface area (Å²) in [5.74, 6) is -0.353. The average Bonchev–Trinajstić information content (AvgIpc) is 3.19. The molecule has 1 N–H and O–H groups in total. The number of hydrogen-bond donors (Lipinski definition) is 1. The van der Waals surface area contributed by atoms with Crippen molar-refractivity contribution in [3.63, 3.8) is 0 Å². The van der Waals surface area contributed by atoms with Crippen LogP contribution in [0.15, 0.2) is 121 Å². The Labute approximate surface area is 208 Å². The van der Waals surface area contributed by atoms with Crippen LogP contribution in [0.1, 0.15) is 27.0 Å². The van der Waals surface area contributed by atoms with E-state index in [1.54, 1.807) is 54.6 Å². The van der Waals surface area contributed by atoms with Crippen molar-refractivity contribution in [3.05, 3.63) is 153 Å². The lowest BCUT2D eigenvalue weighted by molar-refractivity contribution is 0.0905. The lowest BCUT2D eigenvalue weighted by atomic mass is 9.82. The second-order valence-corrected chi connectivity index (χ2v) is 8.91. The fourth-order valence-corrected chi connectivity index (χ4v) is 4.98. The maximum atomic E-state index is 14.1. The number of aliphatic hydroxyl groups is 1. The molecule has 0 amide bonds. The van der Waals surface area contributed by atoms with Gasteiger partial charge in [0, 0.05) is 27.3 Å². The summed E-state index contributed by atoms with van der Waals surface area (Å²) in [7, 11) is 0. The van der Waals surface area contributed by atoms with Crippen molar-refractivity contribution in [2.45, 2.75) is 5.60 Å². The van der Waals surface area contributed by atoms with Crippen LogP contribution in [0.25, 0.3) is 11.1 Å². The first kappa shape index (κ1) is 22.4. The number of Topliss-reactive ketones (excluding diaryl/α,β-unsaturated/α-hetero) is 1. The van der Waals surface area contributed by atoms with Crippen LogP contribution in [0.5, 0.6) is 0 Å². The molecule has 1 unspecified atom stereocenters. The first-order valence-corrected chi connectivity index (χ1v) is 11.6. The van der Waals surface area contributed by atoms with Gasteiger partial charge in [-0.3, -0.25) is 4.79 Å². The zero-order valence-corrected chi connectivity index (χ0v) is 19.6. The van der Waals surface area contributed by atoms with Crippen LogP contribution in [-0.4, -0.2) is 10.9 Å². The van der Waals surface area contributed by atoms with E-state index in [9.17, 15) is 9.90 Å². The summed E-state index contributed by atoms with van der Waals surface area (Å²) in [6.45, 7) is 0. The van der Waals surface area contributed by atoms with Crippen molar-refractivity contribution in [2.75, 3.05) is 0 Å². The predicted octanol–water partition coefficient (Wildman–Crippen LogP) is 7.61. The van der Waals surface area contributed by atoms with E-state index >= 15 is 0 Å². The number of halogens is 2. The molecule has 166 valence electrons. The van der Waals surface area contributed by atoms with E-state index < -0.39 is 5.60 Å². The summed E-state index contributed by atoms with van der Waals surface area (Å²) in [6.07, 6.45) is 1.73. The minimum Gasteiger partial charge on any atom is -0.376 e. The SMILES string of the molecule is O=C(C1=C(c2ccccc2)C(c2ccccc2)=CC1(O)c1ccccc1Cl)c1ccccc1Cl. The van der Waals surface area contributed by atoms with Gasteiger partial charge in [0.25, 0.3) is 0 Å². The molecule has 0 radical (unpaired) electrons. The van der Waals surface area contributed by atoms with Crippen LogP contribution in [0.2, 0.25) is 10.0 Å². The standard InChI is InChI=1S/C30H20Cl2O2/c31-25-17-9-7-15-22(25)29(33)28-27(21-13-5-2-6-14-21)23(20-11-3-1-4-12-20)19-30(28,34)24-16-8-10-18-26(24)32/h1-19,34H. The molecule has 0 heterocycles. The van der Waals surface area contributed by atoms with Gasteiger partial charge in [0.15, 0.2) is 5.78 Å². The third-order valence-corrected chi connectivity index (χ3v) is 6.69. The monoisotopic (exact) mass is 482 g/mol. The molecule has 0 aliphatic heterocycles. The van der Waals surface area contributed by atoms with Gasteiger partial charge >= 0.3 is 0 Å². The van der Waals surface area contributed by atoms with Crippen molar-refractivity contribution in [3.8, 4) is 0 Å². The number of hydrogen-bond acceptors (Lipinski definition) is 2. The molecular formula is C30H20Cl2O2. The number of allylic oxidation sites excluding steroid dienone is 2. The molecule has 0 spiro atoms. The number of ketones is 1. The summed E-state index contributed by atoms with van der Waals surface area (Å²) in [4.78, 5) is 14.1. The average molecular weight is 483 g/mol. The predicted molar refractivity (Wildman–Crippen MR) is 139 cm³/mol. The third kappa shape index (κ3) is 3.80. The minimum absolute atomic E-state index is 0.221. The highest BCUT2D eigenvalue weighted by atomic mass is 35.5. The molecular weight excluding hydrogens is 463 g/mol. The van der Waals surface area contributed by atoms with E-state index in [1.807, 2.05) is 60.7 Å². The van der Waals surface area contributed by atoms with Crippen LogP contribution < -0.4 is 0 Å². The molecule has 0 saturated carbocycles. The van der Waals surface area contributed by atoms with E-state index in [1.165, 1.54) is 0 Å². The molecule has 0 saturated heterocycles. The van der Waals surface area contributed by atoms with Crippen molar-refractivity contribution in [1.82, 2.24) is 0 Å². The fourth-order valence-electron chi connectivity index (χ4n) is 4.48. The highest BCUT2D eigenvalue weighted by Crippen LogP contribution is 2.51. The Hall–Kier alpha value is -3.43. The number of carbonyl (C=O) groups is 1. The van der Waals surface area contributed by atoms with Crippen molar-refractivity contribution in [1.29, 1.82) is 0 Å². The maximum Gasteiger partial charge on any atom is 0.194 e. The molecule has 2 nitrogen and oxygen atoms in total. The quantitative estimate of drug-likeness (QED) is 0.297. The highest BCUT2D eigenvalue weighted by molar-refractivity contribution is 6.37. The smallest absolute Gasteiger partial charge is 0.194 e. The molecule has 5 rings (SSSR count). The summed E-state index contributed by atoms with van der Waals surface area (Å²) in [5.41, 5.74) is 2.32. The van der Waals surface area contributed by atoms with Gasteiger partial charge in [-0.25, -0.2) is 0 Å². The topological polar surface area (TPSA) is 37.3 Å². The molecule has 1 atom stereocenters. The Bertz CT molecular complexity index is 1440. The van der Waals surface area contributed by atoms with Gasteiger partial charge in [0.1, 0.15) is 5.60 Å². The zero-order valence-electron chi connectivity index (χ0n) is 18.1. The second-order valence-electron chi connectivity index (χ2n) is 8.10. The van der Waals surface area contributed by atoms with E-state index in [4.69, 9.17) is 23.2 Å². The van der Waals surface area contributed by atoms with Gasteiger partial charge < -0.3 is 5.11 Å².